The second kappa shape index (κ2) is 4.61. The average molecular weight is 229 g/mol. The van der Waals surface area contributed by atoms with Gasteiger partial charge in [-0.25, -0.2) is 4.98 Å². The number of aromatic nitrogens is 2. The van der Waals surface area contributed by atoms with E-state index in [2.05, 4.69) is 10.3 Å². The number of amides is 1. The fraction of sp³-hybridized carbons (Fsp3) is 0.0833. The second-order valence-electron chi connectivity index (χ2n) is 3.62. The first-order chi connectivity index (χ1) is 8.19. The van der Waals surface area contributed by atoms with Crippen LogP contribution in [0.15, 0.2) is 36.8 Å². The summed E-state index contributed by atoms with van der Waals surface area (Å²) in [5, 5.41) is 2.69. The number of imidazole rings is 1. The summed E-state index contributed by atoms with van der Waals surface area (Å²) in [5.74, 6) is -0.274. The van der Waals surface area contributed by atoms with Crippen molar-refractivity contribution in [2.24, 2.45) is 7.05 Å². The van der Waals surface area contributed by atoms with Gasteiger partial charge in [0, 0.05) is 24.5 Å². The van der Waals surface area contributed by atoms with Crippen molar-refractivity contribution in [2.45, 2.75) is 0 Å². The maximum absolute atomic E-state index is 11.7. The van der Waals surface area contributed by atoms with Crippen molar-refractivity contribution in [3.63, 3.8) is 0 Å². The molecule has 1 aromatic heterocycles. The van der Waals surface area contributed by atoms with Crippen molar-refractivity contribution in [3.05, 3.63) is 48.0 Å². The van der Waals surface area contributed by atoms with Crippen LogP contribution in [-0.4, -0.2) is 21.7 Å². The molecule has 1 heterocycles. The fourth-order valence-electron chi connectivity index (χ4n) is 1.37. The Bertz CT molecular complexity index is 543. The molecule has 5 heteroatoms. The molecule has 1 aromatic carbocycles. The third-order valence-corrected chi connectivity index (χ3v) is 2.24. The predicted octanol–water partition coefficient (Wildman–Crippen LogP) is 1.48. The Kier molecular flexibility index (Phi) is 3.00. The third-order valence-electron chi connectivity index (χ3n) is 2.24. The van der Waals surface area contributed by atoms with Crippen LogP contribution < -0.4 is 5.32 Å². The van der Waals surface area contributed by atoms with E-state index >= 15 is 0 Å². The number of hydrogen-bond donors (Lipinski definition) is 1. The molecule has 0 fully saturated rings. The maximum atomic E-state index is 11.7. The number of carbonyl (C=O) groups is 2. The summed E-state index contributed by atoms with van der Waals surface area (Å²) in [6.45, 7) is 0. The largest absolute Gasteiger partial charge is 0.340 e. The van der Waals surface area contributed by atoms with Crippen LogP contribution >= 0.6 is 0 Å². The summed E-state index contributed by atoms with van der Waals surface area (Å²) in [7, 11) is 1.79. The molecule has 1 amide bonds. The van der Waals surface area contributed by atoms with Gasteiger partial charge in [-0.3, -0.25) is 9.59 Å². The molecule has 0 radical (unpaired) electrons. The first-order valence-electron chi connectivity index (χ1n) is 5.03. The lowest BCUT2D eigenvalue weighted by Gasteiger charge is -2.02. The summed E-state index contributed by atoms with van der Waals surface area (Å²) in [5.41, 5.74) is 1.55. The molecule has 1 N–H and O–H groups in total. The van der Waals surface area contributed by atoms with Crippen molar-refractivity contribution in [1.29, 1.82) is 0 Å². The molecule has 0 aliphatic rings. The summed E-state index contributed by atoms with van der Waals surface area (Å²) >= 11 is 0. The van der Waals surface area contributed by atoms with Crippen LogP contribution in [0.5, 0.6) is 0 Å². The molecule has 0 unspecified atom stereocenters. The van der Waals surface area contributed by atoms with Gasteiger partial charge in [-0.05, 0) is 24.3 Å². The topological polar surface area (TPSA) is 64.0 Å². The van der Waals surface area contributed by atoms with Gasteiger partial charge in [-0.15, -0.1) is 0 Å². The number of carbonyl (C=O) groups excluding carboxylic acids is 2. The molecule has 0 saturated carbocycles. The molecular weight excluding hydrogens is 218 g/mol. The molecule has 0 aliphatic heterocycles. The van der Waals surface area contributed by atoms with Crippen LogP contribution in [0.2, 0.25) is 0 Å². The predicted molar refractivity (Wildman–Crippen MR) is 63.0 cm³/mol. The maximum Gasteiger partial charge on any atom is 0.275 e. The fourth-order valence-corrected chi connectivity index (χ4v) is 1.37. The van der Waals surface area contributed by atoms with Gasteiger partial charge in [0.1, 0.15) is 12.0 Å². The Morgan fingerprint density at radius 3 is 2.59 bits per heavy atom. The van der Waals surface area contributed by atoms with Crippen molar-refractivity contribution >= 4 is 17.9 Å². The third kappa shape index (κ3) is 2.57. The second-order valence-corrected chi connectivity index (χ2v) is 3.62. The van der Waals surface area contributed by atoms with Gasteiger partial charge in [-0.2, -0.15) is 0 Å². The number of aryl methyl sites for hydroxylation is 1. The molecule has 0 aliphatic carbocycles. The Balaban J connectivity index is 2.10. The van der Waals surface area contributed by atoms with Crippen LogP contribution in [0.1, 0.15) is 20.8 Å². The van der Waals surface area contributed by atoms with Crippen LogP contribution in [0.25, 0.3) is 0 Å². The minimum absolute atomic E-state index is 0.274. The Labute approximate surface area is 98.1 Å². The highest BCUT2D eigenvalue weighted by molar-refractivity contribution is 6.02. The first kappa shape index (κ1) is 11.1. The minimum atomic E-state index is -0.274. The van der Waals surface area contributed by atoms with Gasteiger partial charge in [0.15, 0.2) is 0 Å². The molecule has 0 atom stereocenters. The Hall–Kier alpha value is -2.43. The van der Waals surface area contributed by atoms with Crippen molar-refractivity contribution in [1.82, 2.24) is 9.55 Å². The summed E-state index contributed by atoms with van der Waals surface area (Å²) in [6, 6.07) is 6.62. The summed E-state index contributed by atoms with van der Waals surface area (Å²) < 4.78 is 1.70. The van der Waals surface area contributed by atoms with Gasteiger partial charge in [0.25, 0.3) is 5.91 Å². The molecule has 0 spiro atoms. The Morgan fingerprint density at radius 2 is 2.06 bits per heavy atom. The van der Waals surface area contributed by atoms with E-state index < -0.39 is 0 Å². The normalized spacial score (nSPS) is 9.94. The van der Waals surface area contributed by atoms with E-state index in [1.165, 1.54) is 0 Å². The molecule has 86 valence electrons. The standard InChI is InChI=1S/C12H11N3O2/c1-15-6-11(13-8-15)12(17)14-10-4-2-9(7-16)3-5-10/h2-8H,1H3,(H,14,17). The first-order valence-corrected chi connectivity index (χ1v) is 5.03. The number of hydrogen-bond acceptors (Lipinski definition) is 3. The zero-order valence-corrected chi connectivity index (χ0v) is 9.25. The Morgan fingerprint density at radius 1 is 1.35 bits per heavy atom. The lowest BCUT2D eigenvalue weighted by molar-refractivity contribution is 0.102. The number of benzene rings is 1. The van der Waals surface area contributed by atoms with E-state index in [0.717, 1.165) is 6.29 Å². The number of anilines is 1. The molecule has 2 rings (SSSR count). The van der Waals surface area contributed by atoms with Crippen molar-refractivity contribution in [3.8, 4) is 0 Å². The zero-order chi connectivity index (χ0) is 12.3. The van der Waals surface area contributed by atoms with Crippen molar-refractivity contribution < 1.29 is 9.59 Å². The number of aldehydes is 1. The molecule has 0 bridgehead atoms. The van der Waals surface area contributed by atoms with E-state index in [-0.39, 0.29) is 5.91 Å². The highest BCUT2D eigenvalue weighted by Crippen LogP contribution is 2.09. The molecule has 5 nitrogen and oxygen atoms in total. The minimum Gasteiger partial charge on any atom is -0.340 e. The molecule has 17 heavy (non-hydrogen) atoms. The van der Waals surface area contributed by atoms with E-state index in [9.17, 15) is 9.59 Å². The molecular formula is C12H11N3O2. The van der Waals surface area contributed by atoms with Crippen LogP contribution in [0.3, 0.4) is 0 Å². The lowest BCUT2D eigenvalue weighted by Crippen LogP contribution is -2.12. The average Bonchev–Trinajstić information content (AvgIpc) is 2.77. The van der Waals surface area contributed by atoms with Crippen LogP contribution in [0.4, 0.5) is 5.69 Å². The highest BCUT2D eigenvalue weighted by atomic mass is 16.1. The molecule has 2 aromatic rings. The highest BCUT2D eigenvalue weighted by Gasteiger charge is 2.08. The van der Waals surface area contributed by atoms with Crippen LogP contribution in [-0.2, 0) is 7.05 Å². The van der Waals surface area contributed by atoms with E-state index in [1.807, 2.05) is 0 Å². The number of rotatable bonds is 3. The number of nitrogens with one attached hydrogen (secondary N) is 1. The smallest absolute Gasteiger partial charge is 0.275 e. The molecule has 0 saturated heterocycles. The quantitative estimate of drug-likeness (QED) is 0.811. The van der Waals surface area contributed by atoms with Gasteiger partial charge >= 0.3 is 0 Å². The summed E-state index contributed by atoms with van der Waals surface area (Å²) in [6.07, 6.45) is 3.95. The lowest BCUT2D eigenvalue weighted by atomic mass is 10.2. The van der Waals surface area contributed by atoms with E-state index in [4.69, 9.17) is 0 Å². The SMILES string of the molecule is Cn1cnc(C(=O)Nc2ccc(C=O)cc2)c1. The van der Waals surface area contributed by atoms with E-state index in [0.29, 0.717) is 16.9 Å². The van der Waals surface area contributed by atoms with Gasteiger partial charge < -0.3 is 9.88 Å². The van der Waals surface area contributed by atoms with Gasteiger partial charge in [0.05, 0.1) is 6.33 Å². The number of nitrogens with zero attached hydrogens (tertiary/aromatic N) is 2. The van der Waals surface area contributed by atoms with E-state index in [1.54, 1.807) is 48.4 Å². The van der Waals surface area contributed by atoms with Crippen molar-refractivity contribution in [2.75, 3.05) is 5.32 Å². The van der Waals surface area contributed by atoms with Gasteiger partial charge in [0.2, 0.25) is 0 Å². The van der Waals surface area contributed by atoms with Crippen LogP contribution in [0, 0.1) is 0 Å². The monoisotopic (exact) mass is 229 g/mol. The van der Waals surface area contributed by atoms with Gasteiger partial charge in [-0.1, -0.05) is 0 Å². The summed E-state index contributed by atoms with van der Waals surface area (Å²) in [4.78, 5) is 26.1. The zero-order valence-electron chi connectivity index (χ0n) is 9.25.